The second kappa shape index (κ2) is 3.32. The van der Waals surface area contributed by atoms with Gasteiger partial charge in [-0.05, 0) is 6.92 Å². The molecule has 0 bridgehead atoms. The van der Waals surface area contributed by atoms with E-state index in [0.29, 0.717) is 4.67 Å². The monoisotopic (exact) mass is 154 g/mol. The van der Waals surface area contributed by atoms with Gasteiger partial charge in [-0.3, -0.25) is 14.1 Å². The molecule has 0 aromatic rings. The predicted molar refractivity (Wildman–Crippen MR) is 34.3 cm³/mol. The van der Waals surface area contributed by atoms with Crippen LogP contribution in [-0.4, -0.2) is 25.6 Å². The molecule has 0 rings (SSSR count). The number of hydrogen-bond donors (Lipinski definition) is 2. The fraction of sp³-hybridized carbons (Fsp3) is 1.00. The molecule has 0 heterocycles. The van der Waals surface area contributed by atoms with Crippen molar-refractivity contribution in [2.24, 2.45) is 0 Å². The molecule has 0 aliphatic rings. The van der Waals surface area contributed by atoms with E-state index in [4.69, 9.17) is 4.89 Å². The first-order valence-corrected chi connectivity index (χ1v) is 4.36. The lowest BCUT2D eigenvalue weighted by Crippen LogP contribution is -3.00. The summed E-state index contributed by atoms with van der Waals surface area (Å²) >= 11 is 0. The van der Waals surface area contributed by atoms with Gasteiger partial charge in [0.05, 0.1) is 20.7 Å². The van der Waals surface area contributed by atoms with Gasteiger partial charge in [-0.25, -0.2) is 4.57 Å². The fourth-order valence-corrected chi connectivity index (χ4v) is 0.912. The first-order valence-electron chi connectivity index (χ1n) is 2.78. The van der Waals surface area contributed by atoms with Crippen molar-refractivity contribution >= 4 is 7.75 Å². The highest BCUT2D eigenvalue weighted by Crippen LogP contribution is 2.29. The molecule has 0 fully saturated rings. The first-order chi connectivity index (χ1) is 4.00. The standard InChI is InChI=1S/C4H12NO3P/c1-4-8-9(6,7)5(2)3/h4H2,1-3H3,(H,6,7)/p+1. The van der Waals surface area contributed by atoms with Gasteiger partial charge in [-0.15, -0.1) is 0 Å². The van der Waals surface area contributed by atoms with Gasteiger partial charge < -0.3 is 0 Å². The largest absolute Gasteiger partial charge is 0.527 e. The number of nitrogens with one attached hydrogen (secondary N) is 1. The van der Waals surface area contributed by atoms with E-state index >= 15 is 0 Å². The molecule has 0 saturated carbocycles. The Bertz CT molecular complexity index is 125. The van der Waals surface area contributed by atoms with Crippen LogP contribution in [0.15, 0.2) is 0 Å². The molecule has 5 heteroatoms. The van der Waals surface area contributed by atoms with Gasteiger partial charge in [0, 0.05) is 0 Å². The van der Waals surface area contributed by atoms with Crippen LogP contribution in [-0.2, 0) is 9.09 Å². The Kier molecular flexibility index (Phi) is 3.36. The molecule has 0 saturated heterocycles. The lowest BCUT2D eigenvalue weighted by atomic mass is 10.9. The van der Waals surface area contributed by atoms with Crippen LogP contribution in [0.2, 0.25) is 0 Å². The maximum Gasteiger partial charge on any atom is 0.527 e. The molecule has 9 heavy (non-hydrogen) atoms. The van der Waals surface area contributed by atoms with Crippen molar-refractivity contribution in [3.63, 3.8) is 0 Å². The van der Waals surface area contributed by atoms with Gasteiger partial charge in [-0.2, -0.15) is 0 Å². The van der Waals surface area contributed by atoms with Crippen molar-refractivity contribution in [3.05, 3.63) is 0 Å². The fourth-order valence-electron chi connectivity index (χ4n) is 0.304. The summed E-state index contributed by atoms with van der Waals surface area (Å²) in [6, 6.07) is 0. The second-order valence-corrected chi connectivity index (χ2v) is 4.08. The van der Waals surface area contributed by atoms with Gasteiger partial charge >= 0.3 is 7.75 Å². The van der Waals surface area contributed by atoms with Crippen molar-refractivity contribution < 1.29 is 18.7 Å². The van der Waals surface area contributed by atoms with Crippen LogP contribution in [0.1, 0.15) is 6.92 Å². The third-order valence-electron chi connectivity index (χ3n) is 0.869. The van der Waals surface area contributed by atoms with Crippen LogP contribution in [0.3, 0.4) is 0 Å². The Balaban J connectivity index is 3.87. The molecule has 0 spiro atoms. The topological polar surface area (TPSA) is 51.0 Å². The molecule has 0 aromatic heterocycles. The molecule has 1 atom stereocenters. The van der Waals surface area contributed by atoms with Gasteiger partial charge in [-0.1, -0.05) is 0 Å². The zero-order chi connectivity index (χ0) is 7.49. The summed E-state index contributed by atoms with van der Waals surface area (Å²) in [4.78, 5) is 8.89. The highest BCUT2D eigenvalue weighted by molar-refractivity contribution is 7.45. The van der Waals surface area contributed by atoms with E-state index in [1.807, 2.05) is 0 Å². The molecule has 4 nitrogen and oxygen atoms in total. The summed E-state index contributed by atoms with van der Waals surface area (Å²) < 4.78 is 15.8. The lowest BCUT2D eigenvalue weighted by Gasteiger charge is -2.12. The van der Waals surface area contributed by atoms with E-state index in [1.54, 1.807) is 21.0 Å². The Morgan fingerprint density at radius 1 is 1.67 bits per heavy atom. The lowest BCUT2D eigenvalue weighted by molar-refractivity contribution is -0.739. The summed E-state index contributed by atoms with van der Waals surface area (Å²) in [7, 11) is -0.188. The van der Waals surface area contributed by atoms with E-state index < -0.39 is 7.75 Å². The van der Waals surface area contributed by atoms with Gasteiger partial charge in [0.15, 0.2) is 0 Å². The van der Waals surface area contributed by atoms with E-state index in [9.17, 15) is 4.57 Å². The minimum Gasteiger partial charge on any atom is -0.279 e. The molecule has 0 radical (unpaired) electrons. The number of quaternary nitrogens is 1. The zero-order valence-corrected chi connectivity index (χ0v) is 6.81. The molecule has 0 aliphatic heterocycles. The second-order valence-electron chi connectivity index (χ2n) is 1.89. The summed E-state index contributed by atoms with van der Waals surface area (Å²) in [5, 5.41) is 0. The van der Waals surface area contributed by atoms with E-state index in [2.05, 4.69) is 4.52 Å². The minimum atomic E-state index is -3.35. The summed E-state index contributed by atoms with van der Waals surface area (Å²) in [6.07, 6.45) is 0. The van der Waals surface area contributed by atoms with Crippen LogP contribution >= 0.6 is 7.75 Å². The first kappa shape index (κ1) is 9.11. The maximum absolute atomic E-state index is 10.8. The van der Waals surface area contributed by atoms with Crippen LogP contribution in [0.25, 0.3) is 0 Å². The Morgan fingerprint density at radius 2 is 2.11 bits per heavy atom. The highest BCUT2D eigenvalue weighted by atomic mass is 31.2. The molecular weight excluding hydrogens is 141 g/mol. The number of rotatable bonds is 3. The maximum atomic E-state index is 10.8. The van der Waals surface area contributed by atoms with Crippen LogP contribution < -0.4 is 4.67 Å². The Labute approximate surface area is 55.0 Å². The minimum absolute atomic E-state index is 0.277. The molecule has 1 unspecified atom stereocenters. The molecule has 56 valence electrons. The predicted octanol–water partition coefficient (Wildman–Crippen LogP) is -0.732. The average Bonchev–Trinajstić information content (AvgIpc) is 1.65. The average molecular weight is 154 g/mol. The molecule has 2 N–H and O–H groups in total. The summed E-state index contributed by atoms with van der Waals surface area (Å²) in [5.74, 6) is 0. The smallest absolute Gasteiger partial charge is 0.279 e. The Morgan fingerprint density at radius 3 is 2.22 bits per heavy atom. The van der Waals surface area contributed by atoms with Crippen molar-refractivity contribution in [2.75, 3.05) is 20.7 Å². The molecule has 0 amide bonds. The van der Waals surface area contributed by atoms with Crippen LogP contribution in [0.5, 0.6) is 0 Å². The molecular formula is C4H13NO3P+. The summed E-state index contributed by atoms with van der Waals surface area (Å²) in [5.41, 5.74) is 0. The van der Waals surface area contributed by atoms with Gasteiger partial charge in [0.2, 0.25) is 0 Å². The molecule has 0 aromatic carbocycles. The third kappa shape index (κ3) is 2.96. The van der Waals surface area contributed by atoms with Crippen molar-refractivity contribution in [1.82, 2.24) is 0 Å². The summed E-state index contributed by atoms with van der Waals surface area (Å²) in [6.45, 7) is 1.96. The van der Waals surface area contributed by atoms with E-state index in [1.165, 1.54) is 0 Å². The normalized spacial score (nSPS) is 17.9. The van der Waals surface area contributed by atoms with Crippen molar-refractivity contribution in [2.45, 2.75) is 6.92 Å². The van der Waals surface area contributed by atoms with E-state index in [-0.39, 0.29) is 6.61 Å². The Hall–Kier alpha value is 0.110. The quantitative estimate of drug-likeness (QED) is 0.527. The van der Waals surface area contributed by atoms with Gasteiger partial charge in [0.1, 0.15) is 0 Å². The van der Waals surface area contributed by atoms with Gasteiger partial charge in [0.25, 0.3) is 0 Å². The third-order valence-corrected chi connectivity index (χ3v) is 2.61. The van der Waals surface area contributed by atoms with Crippen molar-refractivity contribution in [3.8, 4) is 0 Å². The number of hydrogen-bond acceptors (Lipinski definition) is 2. The van der Waals surface area contributed by atoms with Crippen LogP contribution in [0, 0.1) is 0 Å². The highest BCUT2D eigenvalue weighted by Gasteiger charge is 2.26. The zero-order valence-electron chi connectivity index (χ0n) is 5.92. The van der Waals surface area contributed by atoms with Crippen molar-refractivity contribution in [1.29, 1.82) is 0 Å². The van der Waals surface area contributed by atoms with Crippen LogP contribution in [0.4, 0.5) is 0 Å². The molecule has 0 aliphatic carbocycles. The van der Waals surface area contributed by atoms with E-state index in [0.717, 1.165) is 0 Å². The SMILES string of the molecule is CCOP(=O)(O)[NH+](C)C.